The lowest BCUT2D eigenvalue weighted by Gasteiger charge is -2.06. The number of aromatic nitrogens is 1. The number of benzene rings is 2. The van der Waals surface area contributed by atoms with Gasteiger partial charge < -0.3 is 10.7 Å². The van der Waals surface area contributed by atoms with Crippen LogP contribution in [0.4, 0.5) is 10.1 Å². The molecule has 0 unspecified atom stereocenters. The molecule has 1 heterocycles. The molecule has 0 saturated heterocycles. The van der Waals surface area contributed by atoms with E-state index in [2.05, 4.69) is 4.98 Å². The van der Waals surface area contributed by atoms with E-state index in [1.807, 2.05) is 0 Å². The Hall–Kier alpha value is -2.04. The van der Waals surface area contributed by atoms with Crippen molar-refractivity contribution in [3.8, 4) is 0 Å². The minimum absolute atomic E-state index is 0.126. The van der Waals surface area contributed by atoms with Gasteiger partial charge in [-0.3, -0.25) is 4.79 Å². The van der Waals surface area contributed by atoms with Crippen molar-refractivity contribution in [2.75, 3.05) is 5.73 Å². The predicted molar refractivity (Wildman–Crippen MR) is 82.6 cm³/mol. The van der Waals surface area contributed by atoms with Crippen LogP contribution in [-0.2, 0) is 0 Å². The molecule has 0 amide bonds. The second-order valence-electron chi connectivity index (χ2n) is 4.59. The molecule has 0 radical (unpaired) electrons. The quantitative estimate of drug-likeness (QED) is 0.541. The van der Waals surface area contributed by atoms with Gasteiger partial charge in [-0.1, -0.05) is 23.2 Å². The number of nitrogen functional groups attached to an aromatic ring is 1. The monoisotopic (exact) mass is 322 g/mol. The van der Waals surface area contributed by atoms with Crippen LogP contribution in [0.25, 0.3) is 10.9 Å². The maximum absolute atomic E-state index is 13.4. The van der Waals surface area contributed by atoms with Gasteiger partial charge >= 0.3 is 0 Å². The molecule has 0 fully saturated rings. The van der Waals surface area contributed by atoms with Gasteiger partial charge in [-0.15, -0.1) is 0 Å². The molecule has 21 heavy (non-hydrogen) atoms. The number of fused-ring (bicyclic) bond motifs is 1. The normalized spacial score (nSPS) is 11.0. The molecule has 6 heteroatoms. The van der Waals surface area contributed by atoms with E-state index in [4.69, 9.17) is 28.9 Å². The summed E-state index contributed by atoms with van der Waals surface area (Å²) < 4.78 is 13.4. The Morgan fingerprint density at radius 1 is 1.14 bits per heavy atom. The maximum atomic E-state index is 13.4. The molecule has 0 aliphatic heterocycles. The van der Waals surface area contributed by atoms with E-state index in [1.54, 1.807) is 6.07 Å². The van der Waals surface area contributed by atoms with E-state index >= 15 is 0 Å². The Balaban J connectivity index is 2.19. The molecule has 3 N–H and O–H groups in total. The number of hydrogen-bond donors (Lipinski definition) is 2. The van der Waals surface area contributed by atoms with Gasteiger partial charge in [0, 0.05) is 33.9 Å². The van der Waals surface area contributed by atoms with Crippen LogP contribution < -0.4 is 5.73 Å². The summed E-state index contributed by atoms with van der Waals surface area (Å²) >= 11 is 12.0. The van der Waals surface area contributed by atoms with E-state index in [9.17, 15) is 9.18 Å². The Bertz CT molecular complexity index is 873. The minimum Gasteiger partial charge on any atom is -0.399 e. The molecule has 0 aliphatic rings. The third-order valence-electron chi connectivity index (χ3n) is 3.18. The zero-order valence-electron chi connectivity index (χ0n) is 10.6. The van der Waals surface area contributed by atoms with Crippen molar-refractivity contribution >= 4 is 45.6 Å². The largest absolute Gasteiger partial charge is 0.399 e. The second-order valence-corrected chi connectivity index (χ2v) is 5.37. The standard InChI is InChI=1S/C15H9Cl2FN2O/c16-12-5-8(19)4-10(14(12)17)15(21)11-6-20-13-2-1-7(18)3-9(11)13/h1-6,20H,19H2. The molecular weight excluding hydrogens is 314 g/mol. The van der Waals surface area contributed by atoms with Crippen LogP contribution in [0, 0.1) is 5.82 Å². The third-order valence-corrected chi connectivity index (χ3v) is 3.99. The van der Waals surface area contributed by atoms with Gasteiger partial charge in [-0.2, -0.15) is 0 Å². The fourth-order valence-electron chi connectivity index (χ4n) is 2.20. The molecule has 0 spiro atoms. The lowest BCUT2D eigenvalue weighted by atomic mass is 10.0. The number of hydrogen-bond acceptors (Lipinski definition) is 2. The van der Waals surface area contributed by atoms with E-state index in [0.29, 0.717) is 22.2 Å². The molecule has 0 aliphatic carbocycles. The Morgan fingerprint density at radius 3 is 2.67 bits per heavy atom. The molecule has 3 nitrogen and oxygen atoms in total. The van der Waals surface area contributed by atoms with Crippen LogP contribution in [0.1, 0.15) is 15.9 Å². The highest BCUT2D eigenvalue weighted by molar-refractivity contribution is 6.44. The van der Waals surface area contributed by atoms with E-state index in [0.717, 1.165) is 0 Å². The molecule has 0 bridgehead atoms. The summed E-state index contributed by atoms with van der Waals surface area (Å²) in [5.74, 6) is -0.793. The number of ketones is 1. The fourth-order valence-corrected chi connectivity index (χ4v) is 2.62. The Labute approximate surface area is 129 Å². The van der Waals surface area contributed by atoms with Crippen molar-refractivity contribution < 1.29 is 9.18 Å². The summed E-state index contributed by atoms with van der Waals surface area (Å²) in [6.07, 6.45) is 1.51. The average molecular weight is 323 g/mol. The number of nitrogens with two attached hydrogens (primary N) is 1. The van der Waals surface area contributed by atoms with E-state index in [-0.39, 0.29) is 21.4 Å². The number of carbonyl (C=O) groups excluding carboxylic acids is 1. The minimum atomic E-state index is -0.423. The van der Waals surface area contributed by atoms with Crippen molar-refractivity contribution in [1.29, 1.82) is 0 Å². The summed E-state index contributed by atoms with van der Waals surface area (Å²) in [6, 6.07) is 7.10. The lowest BCUT2D eigenvalue weighted by Crippen LogP contribution is -2.03. The third kappa shape index (κ3) is 2.37. The van der Waals surface area contributed by atoms with Crippen LogP contribution in [0.2, 0.25) is 10.0 Å². The Morgan fingerprint density at radius 2 is 1.90 bits per heavy atom. The molecule has 3 aromatic rings. The second kappa shape index (κ2) is 5.06. The number of anilines is 1. The van der Waals surface area contributed by atoms with E-state index in [1.165, 1.54) is 30.5 Å². The first-order valence-electron chi connectivity index (χ1n) is 6.03. The Kier molecular flexibility index (Phi) is 3.35. The molecule has 2 aromatic carbocycles. The van der Waals surface area contributed by atoms with Gasteiger partial charge in [0.25, 0.3) is 0 Å². The molecular formula is C15H9Cl2FN2O. The van der Waals surface area contributed by atoms with Gasteiger partial charge in [0.05, 0.1) is 10.0 Å². The number of rotatable bonds is 2. The van der Waals surface area contributed by atoms with Crippen molar-refractivity contribution in [1.82, 2.24) is 4.98 Å². The summed E-state index contributed by atoms with van der Waals surface area (Å²) in [4.78, 5) is 15.5. The summed E-state index contributed by atoms with van der Waals surface area (Å²) in [7, 11) is 0. The highest BCUT2D eigenvalue weighted by atomic mass is 35.5. The number of nitrogens with one attached hydrogen (secondary N) is 1. The van der Waals surface area contributed by atoms with Crippen LogP contribution in [-0.4, -0.2) is 10.8 Å². The zero-order valence-corrected chi connectivity index (χ0v) is 12.1. The van der Waals surface area contributed by atoms with Crippen LogP contribution in [0.5, 0.6) is 0 Å². The maximum Gasteiger partial charge on any atom is 0.196 e. The molecule has 3 rings (SSSR count). The summed E-state index contributed by atoms with van der Waals surface area (Å²) in [6.45, 7) is 0. The number of carbonyl (C=O) groups is 1. The summed E-state index contributed by atoms with van der Waals surface area (Å²) in [5.41, 5.74) is 7.18. The van der Waals surface area contributed by atoms with Gasteiger partial charge in [0.1, 0.15) is 5.82 Å². The lowest BCUT2D eigenvalue weighted by molar-refractivity contribution is 0.104. The van der Waals surface area contributed by atoms with Crippen LogP contribution in [0.15, 0.2) is 36.5 Å². The average Bonchev–Trinajstić information content (AvgIpc) is 2.85. The highest BCUT2D eigenvalue weighted by Gasteiger charge is 2.19. The summed E-state index contributed by atoms with van der Waals surface area (Å²) in [5, 5.41) is 0.808. The fraction of sp³-hybridized carbons (Fsp3) is 0. The SMILES string of the molecule is Nc1cc(Cl)c(Cl)c(C(=O)c2c[nH]c3ccc(F)cc23)c1. The first-order chi connectivity index (χ1) is 9.97. The topological polar surface area (TPSA) is 58.9 Å². The van der Waals surface area contributed by atoms with Gasteiger partial charge in [-0.05, 0) is 30.3 Å². The van der Waals surface area contributed by atoms with Crippen molar-refractivity contribution in [3.63, 3.8) is 0 Å². The first-order valence-corrected chi connectivity index (χ1v) is 6.79. The number of H-pyrrole nitrogens is 1. The highest BCUT2D eigenvalue weighted by Crippen LogP contribution is 2.32. The van der Waals surface area contributed by atoms with Crippen molar-refractivity contribution in [3.05, 3.63) is 63.5 Å². The van der Waals surface area contributed by atoms with Crippen molar-refractivity contribution in [2.45, 2.75) is 0 Å². The molecule has 0 atom stereocenters. The predicted octanol–water partition coefficient (Wildman–Crippen LogP) is 4.43. The van der Waals surface area contributed by atoms with Crippen molar-refractivity contribution in [2.24, 2.45) is 0 Å². The number of halogens is 3. The number of aromatic amines is 1. The van der Waals surface area contributed by atoms with E-state index < -0.39 is 5.82 Å². The van der Waals surface area contributed by atoms with Crippen LogP contribution in [0.3, 0.4) is 0 Å². The molecule has 1 aromatic heterocycles. The van der Waals surface area contributed by atoms with Crippen LogP contribution >= 0.6 is 23.2 Å². The first kappa shape index (κ1) is 13.9. The van der Waals surface area contributed by atoms with Gasteiger partial charge in [0.15, 0.2) is 5.78 Å². The molecule has 0 saturated carbocycles. The molecule has 106 valence electrons. The van der Waals surface area contributed by atoms with Gasteiger partial charge in [-0.25, -0.2) is 4.39 Å². The smallest absolute Gasteiger partial charge is 0.196 e. The zero-order chi connectivity index (χ0) is 15.1. The van der Waals surface area contributed by atoms with Gasteiger partial charge in [0.2, 0.25) is 0 Å².